The minimum atomic E-state index is -0.247. The van der Waals surface area contributed by atoms with Gasteiger partial charge in [-0.25, -0.2) is 9.37 Å². The van der Waals surface area contributed by atoms with Crippen LogP contribution in [0.1, 0.15) is 0 Å². The number of pyridine rings is 1. The standard InChI is InChI=1S/C9H6FIN2/c10-6-3-5-1-2-8(12)13-9(5)7(11)4-6/h1-4H,(H2,12,13). The second-order valence-electron chi connectivity index (χ2n) is 2.70. The maximum Gasteiger partial charge on any atom is 0.125 e. The van der Waals surface area contributed by atoms with Crippen molar-refractivity contribution in [3.8, 4) is 0 Å². The smallest absolute Gasteiger partial charge is 0.125 e. The number of hydrogen-bond acceptors (Lipinski definition) is 2. The van der Waals surface area contributed by atoms with Crippen molar-refractivity contribution in [1.29, 1.82) is 0 Å². The second-order valence-corrected chi connectivity index (χ2v) is 3.86. The molecule has 0 aliphatic rings. The van der Waals surface area contributed by atoms with Crippen LogP contribution in [-0.4, -0.2) is 4.98 Å². The Morgan fingerprint density at radius 1 is 1.31 bits per heavy atom. The molecular formula is C9H6FIN2. The summed E-state index contributed by atoms with van der Waals surface area (Å²) in [6.45, 7) is 0. The van der Waals surface area contributed by atoms with Crippen molar-refractivity contribution >= 4 is 39.3 Å². The number of aromatic nitrogens is 1. The van der Waals surface area contributed by atoms with Gasteiger partial charge in [0.25, 0.3) is 0 Å². The molecule has 0 amide bonds. The lowest BCUT2D eigenvalue weighted by Gasteiger charge is -2.01. The Hall–Kier alpha value is -0.910. The number of hydrogen-bond donors (Lipinski definition) is 1. The lowest BCUT2D eigenvalue weighted by atomic mass is 10.2. The van der Waals surface area contributed by atoms with E-state index >= 15 is 0 Å². The number of nitrogen functional groups attached to an aromatic ring is 1. The van der Waals surface area contributed by atoms with Gasteiger partial charge >= 0.3 is 0 Å². The monoisotopic (exact) mass is 288 g/mol. The molecule has 2 aromatic rings. The van der Waals surface area contributed by atoms with E-state index in [1.165, 1.54) is 12.1 Å². The van der Waals surface area contributed by atoms with Crippen LogP contribution in [-0.2, 0) is 0 Å². The number of nitrogens with two attached hydrogens (primary N) is 1. The van der Waals surface area contributed by atoms with E-state index in [1.54, 1.807) is 12.1 Å². The zero-order valence-corrected chi connectivity index (χ0v) is 8.75. The highest BCUT2D eigenvalue weighted by molar-refractivity contribution is 14.1. The largest absolute Gasteiger partial charge is 0.384 e. The van der Waals surface area contributed by atoms with E-state index in [4.69, 9.17) is 5.73 Å². The normalized spacial score (nSPS) is 10.6. The van der Waals surface area contributed by atoms with E-state index in [-0.39, 0.29) is 5.82 Å². The Balaban J connectivity index is 2.87. The molecule has 2 N–H and O–H groups in total. The molecule has 1 aromatic heterocycles. The lowest BCUT2D eigenvalue weighted by Crippen LogP contribution is -1.92. The minimum Gasteiger partial charge on any atom is -0.384 e. The fraction of sp³-hybridized carbons (Fsp3) is 0. The summed E-state index contributed by atoms with van der Waals surface area (Å²) >= 11 is 2.04. The van der Waals surface area contributed by atoms with Crippen molar-refractivity contribution in [2.45, 2.75) is 0 Å². The molecule has 0 bridgehead atoms. The Morgan fingerprint density at radius 2 is 2.08 bits per heavy atom. The van der Waals surface area contributed by atoms with Crippen molar-refractivity contribution in [2.75, 3.05) is 5.73 Å². The second kappa shape index (κ2) is 3.10. The van der Waals surface area contributed by atoms with Gasteiger partial charge in [0.1, 0.15) is 11.6 Å². The first kappa shape index (κ1) is 8.68. The SMILES string of the molecule is Nc1ccc2cc(F)cc(I)c2n1. The summed E-state index contributed by atoms with van der Waals surface area (Å²) in [5, 5.41) is 0.776. The molecule has 1 aromatic carbocycles. The maximum atomic E-state index is 12.9. The maximum absolute atomic E-state index is 12.9. The van der Waals surface area contributed by atoms with E-state index in [9.17, 15) is 4.39 Å². The first-order valence-corrected chi connectivity index (χ1v) is 4.76. The fourth-order valence-electron chi connectivity index (χ4n) is 1.17. The molecule has 0 spiro atoms. The molecule has 1 heterocycles. The molecule has 2 nitrogen and oxygen atoms in total. The highest BCUT2D eigenvalue weighted by Crippen LogP contribution is 2.21. The topological polar surface area (TPSA) is 38.9 Å². The summed E-state index contributed by atoms with van der Waals surface area (Å²) in [5.74, 6) is 0.209. The number of benzene rings is 1. The number of nitrogens with zero attached hydrogens (tertiary/aromatic N) is 1. The molecule has 0 saturated heterocycles. The highest BCUT2D eigenvalue weighted by Gasteiger charge is 2.02. The van der Waals surface area contributed by atoms with Crippen LogP contribution in [0.25, 0.3) is 10.9 Å². The van der Waals surface area contributed by atoms with Gasteiger partial charge in [-0.15, -0.1) is 0 Å². The average molecular weight is 288 g/mol. The molecule has 0 saturated carbocycles. The summed E-state index contributed by atoms with van der Waals surface area (Å²) in [6, 6.07) is 6.32. The van der Waals surface area contributed by atoms with Crippen LogP contribution < -0.4 is 5.73 Å². The van der Waals surface area contributed by atoms with E-state index in [1.807, 2.05) is 22.6 Å². The molecule has 2 rings (SSSR count). The van der Waals surface area contributed by atoms with Crippen LogP contribution in [0.5, 0.6) is 0 Å². The predicted molar refractivity (Wildman–Crippen MR) is 58.8 cm³/mol. The predicted octanol–water partition coefficient (Wildman–Crippen LogP) is 2.56. The van der Waals surface area contributed by atoms with Crippen LogP contribution in [0.3, 0.4) is 0 Å². The number of fused-ring (bicyclic) bond motifs is 1. The van der Waals surface area contributed by atoms with Crippen LogP contribution >= 0.6 is 22.6 Å². The summed E-state index contributed by atoms with van der Waals surface area (Å²) in [5.41, 5.74) is 6.27. The Labute approximate surface area is 88.1 Å². The summed E-state index contributed by atoms with van der Waals surface area (Å²) in [6.07, 6.45) is 0. The molecule has 0 fully saturated rings. The number of anilines is 1. The van der Waals surface area contributed by atoms with Gasteiger partial charge in [0, 0.05) is 8.96 Å². The van der Waals surface area contributed by atoms with Crippen LogP contribution in [0.15, 0.2) is 24.3 Å². The third kappa shape index (κ3) is 1.58. The van der Waals surface area contributed by atoms with E-state index in [0.717, 1.165) is 14.5 Å². The van der Waals surface area contributed by atoms with E-state index in [2.05, 4.69) is 4.98 Å². The van der Waals surface area contributed by atoms with Gasteiger partial charge in [-0.05, 0) is 46.9 Å². The van der Waals surface area contributed by atoms with Gasteiger partial charge in [-0.2, -0.15) is 0 Å². The highest BCUT2D eigenvalue weighted by atomic mass is 127. The Bertz CT molecular complexity index is 470. The average Bonchev–Trinajstić information content (AvgIpc) is 2.06. The Kier molecular flexibility index (Phi) is 2.07. The Morgan fingerprint density at radius 3 is 2.85 bits per heavy atom. The fourth-order valence-corrected chi connectivity index (χ4v) is 1.90. The van der Waals surface area contributed by atoms with Crippen LogP contribution in [0, 0.1) is 9.39 Å². The molecule has 13 heavy (non-hydrogen) atoms. The molecule has 0 aliphatic carbocycles. The van der Waals surface area contributed by atoms with Gasteiger partial charge in [0.15, 0.2) is 0 Å². The van der Waals surface area contributed by atoms with E-state index in [0.29, 0.717) is 5.82 Å². The van der Waals surface area contributed by atoms with Crippen LogP contribution in [0.2, 0.25) is 0 Å². The summed E-state index contributed by atoms with van der Waals surface area (Å²) < 4.78 is 13.7. The quantitative estimate of drug-likeness (QED) is 0.757. The molecular weight excluding hydrogens is 282 g/mol. The van der Waals surface area contributed by atoms with Gasteiger partial charge in [0.05, 0.1) is 5.52 Å². The van der Waals surface area contributed by atoms with Crippen molar-refractivity contribution in [1.82, 2.24) is 4.98 Å². The van der Waals surface area contributed by atoms with Crippen LogP contribution in [0.4, 0.5) is 10.2 Å². The summed E-state index contributed by atoms with van der Waals surface area (Å²) in [7, 11) is 0. The van der Waals surface area contributed by atoms with Gasteiger partial charge in [-0.1, -0.05) is 0 Å². The first-order valence-electron chi connectivity index (χ1n) is 3.68. The summed E-state index contributed by atoms with van der Waals surface area (Å²) in [4.78, 5) is 4.12. The van der Waals surface area contributed by atoms with Crippen molar-refractivity contribution in [2.24, 2.45) is 0 Å². The third-order valence-electron chi connectivity index (χ3n) is 1.73. The van der Waals surface area contributed by atoms with E-state index < -0.39 is 0 Å². The first-order chi connectivity index (χ1) is 6.16. The van der Waals surface area contributed by atoms with Crippen molar-refractivity contribution in [3.63, 3.8) is 0 Å². The molecule has 4 heteroatoms. The zero-order valence-electron chi connectivity index (χ0n) is 6.59. The van der Waals surface area contributed by atoms with Gasteiger partial charge < -0.3 is 5.73 Å². The number of halogens is 2. The minimum absolute atomic E-state index is 0.247. The third-order valence-corrected chi connectivity index (χ3v) is 2.55. The zero-order chi connectivity index (χ0) is 9.42. The molecule has 0 radical (unpaired) electrons. The number of rotatable bonds is 0. The van der Waals surface area contributed by atoms with Crippen molar-refractivity contribution < 1.29 is 4.39 Å². The lowest BCUT2D eigenvalue weighted by molar-refractivity contribution is 0.628. The van der Waals surface area contributed by atoms with Gasteiger partial charge in [-0.3, -0.25) is 0 Å². The molecule has 66 valence electrons. The molecule has 0 aliphatic heterocycles. The van der Waals surface area contributed by atoms with Gasteiger partial charge in [0.2, 0.25) is 0 Å². The molecule has 0 unspecified atom stereocenters. The molecule has 0 atom stereocenters. The van der Waals surface area contributed by atoms with Crippen molar-refractivity contribution in [3.05, 3.63) is 33.7 Å².